The molecule has 0 atom stereocenters. The first-order valence-corrected chi connectivity index (χ1v) is 8.65. The molecule has 1 heterocycles. The van der Waals surface area contributed by atoms with E-state index in [9.17, 15) is 13.6 Å². The summed E-state index contributed by atoms with van der Waals surface area (Å²) in [5.74, 6) is -0.581. The molecular weight excluding hydrogens is 382 g/mol. The van der Waals surface area contributed by atoms with Crippen LogP contribution in [0.2, 0.25) is 0 Å². The van der Waals surface area contributed by atoms with Crippen LogP contribution in [0.25, 0.3) is 0 Å². The van der Waals surface area contributed by atoms with E-state index in [1.54, 1.807) is 49.7 Å². The number of hydrogen-bond acceptors (Lipinski definition) is 5. The second-order valence-electron chi connectivity index (χ2n) is 5.93. The third-order valence-electron chi connectivity index (χ3n) is 3.80. The molecule has 0 aliphatic heterocycles. The summed E-state index contributed by atoms with van der Waals surface area (Å²) in [7, 11) is 1.57. The van der Waals surface area contributed by atoms with Crippen molar-refractivity contribution < 1.29 is 27.8 Å². The van der Waals surface area contributed by atoms with Crippen LogP contribution in [0, 0.1) is 11.6 Å². The lowest BCUT2D eigenvalue weighted by Crippen LogP contribution is -2.28. The van der Waals surface area contributed by atoms with Gasteiger partial charge in [-0.1, -0.05) is 12.1 Å². The zero-order valence-corrected chi connectivity index (χ0v) is 15.5. The predicted molar refractivity (Wildman–Crippen MR) is 101 cm³/mol. The molecule has 3 aromatic rings. The molecule has 0 saturated carbocycles. The molecule has 0 aliphatic rings. The van der Waals surface area contributed by atoms with E-state index in [2.05, 4.69) is 10.3 Å². The van der Waals surface area contributed by atoms with Gasteiger partial charge in [0.1, 0.15) is 17.3 Å². The molecule has 1 N–H and O–H groups in total. The Hall–Kier alpha value is -3.68. The van der Waals surface area contributed by atoms with Crippen LogP contribution in [0.5, 0.6) is 23.1 Å². The number of rotatable bonds is 8. The Labute approximate surface area is 166 Å². The molecule has 1 amide bonds. The average molecular weight is 400 g/mol. The first kappa shape index (κ1) is 20.1. The topological polar surface area (TPSA) is 69.7 Å². The van der Waals surface area contributed by atoms with Gasteiger partial charge in [0.15, 0.2) is 18.2 Å². The van der Waals surface area contributed by atoms with E-state index in [0.717, 1.165) is 17.7 Å². The highest BCUT2D eigenvalue weighted by Crippen LogP contribution is 2.23. The smallest absolute Gasteiger partial charge is 0.258 e. The number of benzene rings is 2. The van der Waals surface area contributed by atoms with Gasteiger partial charge in [-0.25, -0.2) is 13.8 Å². The molecule has 2 aromatic carbocycles. The van der Waals surface area contributed by atoms with Gasteiger partial charge in [0, 0.05) is 30.9 Å². The number of aromatic nitrogens is 1. The van der Waals surface area contributed by atoms with Gasteiger partial charge >= 0.3 is 0 Å². The Balaban J connectivity index is 1.47. The van der Waals surface area contributed by atoms with Crippen molar-refractivity contribution in [1.82, 2.24) is 10.3 Å². The predicted octanol–water partition coefficient (Wildman–Crippen LogP) is 3.86. The third kappa shape index (κ3) is 5.90. The first-order valence-electron chi connectivity index (χ1n) is 8.65. The molecule has 8 heteroatoms. The van der Waals surface area contributed by atoms with Gasteiger partial charge in [-0.15, -0.1) is 0 Å². The Kier molecular flexibility index (Phi) is 6.57. The van der Waals surface area contributed by atoms with Crippen LogP contribution in [0.1, 0.15) is 5.56 Å². The monoisotopic (exact) mass is 400 g/mol. The molecule has 1 aromatic heterocycles. The van der Waals surface area contributed by atoms with Crippen molar-refractivity contribution in [2.24, 2.45) is 0 Å². The van der Waals surface area contributed by atoms with Crippen molar-refractivity contribution in [2.75, 3.05) is 13.7 Å². The molecule has 0 saturated heterocycles. The van der Waals surface area contributed by atoms with Crippen molar-refractivity contribution >= 4 is 5.91 Å². The standard InChI is InChI=1S/C21H18F2N2O4/c1-27-16-3-2-4-17(10-16)29-21-8-5-14(12-25-21)11-24-20(26)13-28-19-7-6-15(22)9-18(19)23/h2-10,12H,11,13H2,1H3,(H,24,26). The number of carbonyl (C=O) groups excluding carboxylic acids is 1. The Morgan fingerprint density at radius 2 is 1.90 bits per heavy atom. The van der Waals surface area contributed by atoms with Gasteiger partial charge in [0.05, 0.1) is 7.11 Å². The largest absolute Gasteiger partial charge is 0.497 e. The van der Waals surface area contributed by atoms with E-state index in [4.69, 9.17) is 14.2 Å². The van der Waals surface area contributed by atoms with Crippen LogP contribution >= 0.6 is 0 Å². The molecule has 29 heavy (non-hydrogen) atoms. The number of carbonyl (C=O) groups is 1. The third-order valence-corrected chi connectivity index (χ3v) is 3.80. The van der Waals surface area contributed by atoms with Gasteiger partial charge in [-0.2, -0.15) is 0 Å². The summed E-state index contributed by atoms with van der Waals surface area (Å²) in [4.78, 5) is 16.0. The highest BCUT2D eigenvalue weighted by atomic mass is 19.1. The summed E-state index contributed by atoms with van der Waals surface area (Å²) >= 11 is 0. The molecule has 150 valence electrons. The summed E-state index contributed by atoms with van der Waals surface area (Å²) in [5, 5.41) is 2.63. The number of amides is 1. The maximum absolute atomic E-state index is 13.5. The minimum absolute atomic E-state index is 0.192. The fraction of sp³-hybridized carbons (Fsp3) is 0.143. The number of pyridine rings is 1. The van der Waals surface area contributed by atoms with E-state index < -0.39 is 24.1 Å². The van der Waals surface area contributed by atoms with E-state index in [0.29, 0.717) is 23.4 Å². The van der Waals surface area contributed by atoms with Gasteiger partial charge in [-0.05, 0) is 29.8 Å². The molecule has 0 aliphatic carbocycles. The zero-order chi connectivity index (χ0) is 20.6. The summed E-state index contributed by atoms with van der Waals surface area (Å²) in [5.41, 5.74) is 0.740. The maximum Gasteiger partial charge on any atom is 0.258 e. The molecular formula is C21H18F2N2O4. The van der Waals surface area contributed by atoms with Crippen LogP contribution in [0.4, 0.5) is 8.78 Å². The molecule has 0 radical (unpaired) electrons. The Morgan fingerprint density at radius 1 is 1.07 bits per heavy atom. The molecule has 0 bridgehead atoms. The quantitative estimate of drug-likeness (QED) is 0.622. The number of hydrogen-bond donors (Lipinski definition) is 1. The molecule has 0 fully saturated rings. The SMILES string of the molecule is COc1cccc(Oc2ccc(CNC(=O)COc3ccc(F)cc3F)cn2)c1. The second kappa shape index (κ2) is 9.50. The van der Waals surface area contributed by atoms with Crippen LogP contribution < -0.4 is 19.5 Å². The summed E-state index contributed by atoms with van der Waals surface area (Å²) in [6, 6.07) is 13.4. The van der Waals surface area contributed by atoms with Crippen LogP contribution in [-0.2, 0) is 11.3 Å². The zero-order valence-electron chi connectivity index (χ0n) is 15.5. The van der Waals surface area contributed by atoms with Crippen LogP contribution in [0.15, 0.2) is 60.8 Å². The maximum atomic E-state index is 13.5. The molecule has 6 nitrogen and oxygen atoms in total. The number of nitrogens with one attached hydrogen (secondary N) is 1. The van der Waals surface area contributed by atoms with Crippen LogP contribution in [0.3, 0.4) is 0 Å². The Morgan fingerprint density at radius 3 is 2.62 bits per heavy atom. The fourth-order valence-corrected chi connectivity index (χ4v) is 2.35. The molecule has 3 rings (SSSR count). The second-order valence-corrected chi connectivity index (χ2v) is 5.93. The van der Waals surface area contributed by atoms with Gasteiger partial charge in [0.2, 0.25) is 5.88 Å². The van der Waals surface area contributed by atoms with Crippen LogP contribution in [-0.4, -0.2) is 24.6 Å². The van der Waals surface area contributed by atoms with E-state index >= 15 is 0 Å². The summed E-state index contributed by atoms with van der Waals surface area (Å²) < 4.78 is 42.1. The highest BCUT2D eigenvalue weighted by molar-refractivity contribution is 5.77. The summed E-state index contributed by atoms with van der Waals surface area (Å²) in [6.45, 7) is -0.187. The minimum atomic E-state index is -0.867. The lowest BCUT2D eigenvalue weighted by atomic mass is 10.3. The fourth-order valence-electron chi connectivity index (χ4n) is 2.35. The van der Waals surface area contributed by atoms with Crippen molar-refractivity contribution in [2.45, 2.75) is 6.54 Å². The Bertz CT molecular complexity index is 981. The lowest BCUT2D eigenvalue weighted by molar-refractivity contribution is -0.123. The van der Waals surface area contributed by atoms with Crippen molar-refractivity contribution in [3.8, 4) is 23.1 Å². The van der Waals surface area contributed by atoms with Crippen molar-refractivity contribution in [3.05, 3.63) is 78.0 Å². The van der Waals surface area contributed by atoms with Gasteiger partial charge < -0.3 is 19.5 Å². The minimum Gasteiger partial charge on any atom is -0.497 e. The van der Waals surface area contributed by atoms with Crippen molar-refractivity contribution in [3.63, 3.8) is 0 Å². The first-order chi connectivity index (χ1) is 14.0. The highest BCUT2D eigenvalue weighted by Gasteiger charge is 2.08. The number of methoxy groups -OCH3 is 1. The van der Waals surface area contributed by atoms with E-state index in [1.165, 1.54) is 0 Å². The number of nitrogens with zero attached hydrogens (tertiary/aromatic N) is 1. The molecule has 0 spiro atoms. The lowest BCUT2D eigenvalue weighted by Gasteiger charge is -2.09. The van der Waals surface area contributed by atoms with Crippen molar-refractivity contribution in [1.29, 1.82) is 0 Å². The van der Waals surface area contributed by atoms with Gasteiger partial charge in [0.25, 0.3) is 5.91 Å². The molecule has 0 unspecified atom stereocenters. The van der Waals surface area contributed by atoms with E-state index in [-0.39, 0.29) is 12.3 Å². The number of halogens is 2. The van der Waals surface area contributed by atoms with Gasteiger partial charge in [-0.3, -0.25) is 4.79 Å². The summed E-state index contributed by atoms with van der Waals surface area (Å²) in [6.07, 6.45) is 1.57. The van der Waals surface area contributed by atoms with E-state index in [1.807, 2.05) is 0 Å². The average Bonchev–Trinajstić information content (AvgIpc) is 2.73. The normalized spacial score (nSPS) is 10.3. The number of ether oxygens (including phenoxy) is 3.